The number of carboxylic acids is 1. The highest BCUT2D eigenvalue weighted by Crippen LogP contribution is 2.15. The fourth-order valence-electron chi connectivity index (χ4n) is 1.69. The smallest absolute Gasteiger partial charge is 0.306 e. The molecular formula is C13H18O2S. The van der Waals surface area contributed by atoms with Crippen molar-refractivity contribution in [3.05, 3.63) is 35.9 Å². The Balaban J connectivity index is 2.48. The Kier molecular flexibility index (Phi) is 6.01. The molecule has 0 fully saturated rings. The lowest BCUT2D eigenvalue weighted by Crippen LogP contribution is -2.16. The van der Waals surface area contributed by atoms with E-state index >= 15 is 0 Å². The molecule has 0 bridgehead atoms. The summed E-state index contributed by atoms with van der Waals surface area (Å²) in [6.45, 7) is 0. The van der Waals surface area contributed by atoms with E-state index in [9.17, 15) is 4.79 Å². The number of rotatable bonds is 7. The molecule has 88 valence electrons. The zero-order chi connectivity index (χ0) is 11.8. The van der Waals surface area contributed by atoms with Gasteiger partial charge in [-0.1, -0.05) is 30.3 Å². The SMILES string of the molecule is CSCCCC(Cc1ccccc1)C(=O)O. The predicted molar refractivity (Wildman–Crippen MR) is 68.9 cm³/mol. The van der Waals surface area contributed by atoms with Crippen LogP contribution in [0.5, 0.6) is 0 Å². The molecular weight excluding hydrogens is 220 g/mol. The van der Waals surface area contributed by atoms with Crippen LogP contribution in [-0.4, -0.2) is 23.1 Å². The summed E-state index contributed by atoms with van der Waals surface area (Å²) < 4.78 is 0. The van der Waals surface area contributed by atoms with Crippen LogP contribution in [0.25, 0.3) is 0 Å². The number of carbonyl (C=O) groups is 1. The molecule has 3 heteroatoms. The van der Waals surface area contributed by atoms with Crippen molar-refractivity contribution in [2.75, 3.05) is 12.0 Å². The van der Waals surface area contributed by atoms with E-state index in [0.717, 1.165) is 24.2 Å². The molecule has 1 aromatic carbocycles. The van der Waals surface area contributed by atoms with Gasteiger partial charge in [-0.05, 0) is 36.8 Å². The Hall–Kier alpha value is -0.960. The van der Waals surface area contributed by atoms with E-state index in [1.165, 1.54) is 0 Å². The molecule has 0 aliphatic heterocycles. The molecule has 0 aliphatic carbocycles. The standard InChI is InChI=1S/C13H18O2S/c1-16-9-5-8-12(13(14)15)10-11-6-3-2-4-7-11/h2-4,6-7,12H,5,8-10H2,1H3,(H,14,15). The minimum Gasteiger partial charge on any atom is -0.481 e. The van der Waals surface area contributed by atoms with Crippen LogP contribution in [0.3, 0.4) is 0 Å². The summed E-state index contributed by atoms with van der Waals surface area (Å²) in [6, 6.07) is 9.84. The van der Waals surface area contributed by atoms with Crippen LogP contribution in [0.2, 0.25) is 0 Å². The summed E-state index contributed by atoms with van der Waals surface area (Å²) in [5.74, 6) is 0.123. The van der Waals surface area contributed by atoms with Gasteiger partial charge in [0.15, 0.2) is 0 Å². The molecule has 0 spiro atoms. The van der Waals surface area contributed by atoms with Gasteiger partial charge < -0.3 is 5.11 Å². The van der Waals surface area contributed by atoms with Crippen LogP contribution in [0.15, 0.2) is 30.3 Å². The van der Waals surface area contributed by atoms with Crippen LogP contribution < -0.4 is 0 Å². The van der Waals surface area contributed by atoms with Crippen molar-refractivity contribution >= 4 is 17.7 Å². The highest BCUT2D eigenvalue weighted by molar-refractivity contribution is 7.98. The molecule has 0 aromatic heterocycles. The van der Waals surface area contributed by atoms with Gasteiger partial charge in [0.2, 0.25) is 0 Å². The molecule has 16 heavy (non-hydrogen) atoms. The third kappa shape index (κ3) is 4.71. The number of thioether (sulfide) groups is 1. The number of hydrogen-bond donors (Lipinski definition) is 1. The van der Waals surface area contributed by atoms with E-state index in [2.05, 4.69) is 0 Å². The Labute approximate surface area is 101 Å². The van der Waals surface area contributed by atoms with Crippen LogP contribution in [0, 0.1) is 5.92 Å². The molecule has 0 radical (unpaired) electrons. The van der Waals surface area contributed by atoms with Gasteiger partial charge in [-0.15, -0.1) is 0 Å². The van der Waals surface area contributed by atoms with E-state index in [4.69, 9.17) is 5.11 Å². The molecule has 0 amide bonds. The largest absolute Gasteiger partial charge is 0.481 e. The van der Waals surface area contributed by atoms with Gasteiger partial charge in [0.05, 0.1) is 5.92 Å². The zero-order valence-corrected chi connectivity index (χ0v) is 10.4. The predicted octanol–water partition coefficient (Wildman–Crippen LogP) is 3.07. The summed E-state index contributed by atoms with van der Waals surface area (Å²) in [5.41, 5.74) is 1.11. The minimum absolute atomic E-state index is 0.241. The van der Waals surface area contributed by atoms with Crippen molar-refractivity contribution in [1.82, 2.24) is 0 Å². The van der Waals surface area contributed by atoms with Crippen molar-refractivity contribution in [3.8, 4) is 0 Å². The average molecular weight is 238 g/mol. The molecule has 0 heterocycles. The van der Waals surface area contributed by atoms with Gasteiger partial charge in [-0.2, -0.15) is 11.8 Å². The summed E-state index contributed by atoms with van der Waals surface area (Å²) in [7, 11) is 0. The molecule has 1 aromatic rings. The summed E-state index contributed by atoms with van der Waals surface area (Å²) in [5, 5.41) is 9.13. The van der Waals surface area contributed by atoms with E-state index in [1.807, 2.05) is 36.6 Å². The van der Waals surface area contributed by atoms with Crippen molar-refractivity contribution in [1.29, 1.82) is 0 Å². The Bertz CT molecular complexity index is 311. The second kappa shape index (κ2) is 7.34. The quantitative estimate of drug-likeness (QED) is 0.742. The second-order valence-electron chi connectivity index (χ2n) is 3.86. The Morgan fingerprint density at radius 2 is 2.06 bits per heavy atom. The van der Waals surface area contributed by atoms with Gasteiger partial charge in [-0.25, -0.2) is 0 Å². The molecule has 0 aliphatic rings. The first-order valence-corrected chi connectivity index (χ1v) is 6.89. The van der Waals surface area contributed by atoms with E-state index in [-0.39, 0.29) is 5.92 Å². The van der Waals surface area contributed by atoms with Crippen molar-refractivity contribution in [2.45, 2.75) is 19.3 Å². The highest BCUT2D eigenvalue weighted by Gasteiger charge is 2.17. The van der Waals surface area contributed by atoms with Crippen LogP contribution in [0.1, 0.15) is 18.4 Å². The maximum absolute atomic E-state index is 11.1. The molecule has 1 N–H and O–H groups in total. The zero-order valence-electron chi connectivity index (χ0n) is 9.56. The van der Waals surface area contributed by atoms with Gasteiger partial charge in [-0.3, -0.25) is 4.79 Å². The molecule has 0 saturated heterocycles. The fraction of sp³-hybridized carbons (Fsp3) is 0.462. The second-order valence-corrected chi connectivity index (χ2v) is 4.85. The summed E-state index contributed by atoms with van der Waals surface area (Å²) in [6.07, 6.45) is 4.44. The summed E-state index contributed by atoms with van der Waals surface area (Å²) in [4.78, 5) is 11.1. The van der Waals surface area contributed by atoms with Gasteiger partial charge >= 0.3 is 5.97 Å². The highest BCUT2D eigenvalue weighted by atomic mass is 32.2. The lowest BCUT2D eigenvalue weighted by atomic mass is 9.95. The number of aliphatic carboxylic acids is 1. The average Bonchev–Trinajstić information content (AvgIpc) is 2.29. The number of carboxylic acid groups (broad SMARTS) is 1. The van der Waals surface area contributed by atoms with E-state index in [0.29, 0.717) is 6.42 Å². The van der Waals surface area contributed by atoms with Crippen LogP contribution in [0.4, 0.5) is 0 Å². The van der Waals surface area contributed by atoms with Crippen molar-refractivity contribution in [3.63, 3.8) is 0 Å². The minimum atomic E-state index is -0.676. The third-order valence-corrected chi connectivity index (χ3v) is 3.27. The Morgan fingerprint density at radius 1 is 1.38 bits per heavy atom. The monoisotopic (exact) mass is 238 g/mol. The number of hydrogen-bond acceptors (Lipinski definition) is 2. The fourth-order valence-corrected chi connectivity index (χ4v) is 2.14. The molecule has 1 rings (SSSR count). The summed E-state index contributed by atoms with van der Waals surface area (Å²) >= 11 is 1.77. The molecule has 1 unspecified atom stereocenters. The first-order valence-electron chi connectivity index (χ1n) is 5.49. The van der Waals surface area contributed by atoms with E-state index in [1.54, 1.807) is 11.8 Å². The van der Waals surface area contributed by atoms with Crippen molar-refractivity contribution < 1.29 is 9.90 Å². The first kappa shape index (κ1) is 13.1. The van der Waals surface area contributed by atoms with Crippen LogP contribution in [-0.2, 0) is 11.2 Å². The molecule has 1 atom stereocenters. The topological polar surface area (TPSA) is 37.3 Å². The lowest BCUT2D eigenvalue weighted by molar-refractivity contribution is -0.141. The molecule has 2 nitrogen and oxygen atoms in total. The van der Waals surface area contributed by atoms with Crippen LogP contribution >= 0.6 is 11.8 Å². The Morgan fingerprint density at radius 3 is 2.62 bits per heavy atom. The normalized spacial score (nSPS) is 12.3. The van der Waals surface area contributed by atoms with Gasteiger partial charge in [0, 0.05) is 0 Å². The van der Waals surface area contributed by atoms with Crippen molar-refractivity contribution in [2.24, 2.45) is 5.92 Å². The molecule has 0 saturated carbocycles. The maximum atomic E-state index is 11.1. The lowest BCUT2D eigenvalue weighted by Gasteiger charge is -2.11. The third-order valence-electron chi connectivity index (χ3n) is 2.58. The van der Waals surface area contributed by atoms with E-state index < -0.39 is 5.97 Å². The van der Waals surface area contributed by atoms with Gasteiger partial charge in [0.1, 0.15) is 0 Å². The first-order chi connectivity index (χ1) is 7.74. The number of benzene rings is 1. The van der Waals surface area contributed by atoms with Gasteiger partial charge in [0.25, 0.3) is 0 Å². The maximum Gasteiger partial charge on any atom is 0.306 e.